The summed E-state index contributed by atoms with van der Waals surface area (Å²) in [7, 11) is 3.15. The van der Waals surface area contributed by atoms with E-state index < -0.39 is 0 Å². The monoisotopic (exact) mass is 468 g/mol. The molecule has 2 aromatic rings. The first kappa shape index (κ1) is 25.3. The van der Waals surface area contributed by atoms with Crippen LogP contribution >= 0.6 is 0 Å². The van der Waals surface area contributed by atoms with Gasteiger partial charge in [0.1, 0.15) is 17.1 Å². The SMILES string of the molecule is COc1cccc(OC)c1C(=O)N1CCC(CCCCCCCNC(=O)Nc2ccncc2)C1. The Hall–Kier alpha value is -3.29. The highest BCUT2D eigenvalue weighted by Gasteiger charge is 2.30. The molecule has 0 spiro atoms. The minimum absolute atomic E-state index is 0.0164. The van der Waals surface area contributed by atoms with E-state index in [1.54, 1.807) is 50.9 Å². The van der Waals surface area contributed by atoms with Crippen LogP contribution in [0.15, 0.2) is 42.7 Å². The highest BCUT2D eigenvalue weighted by molar-refractivity contribution is 5.99. The minimum Gasteiger partial charge on any atom is -0.496 e. The average Bonchev–Trinajstić information content (AvgIpc) is 3.34. The number of aromatic nitrogens is 1. The van der Waals surface area contributed by atoms with Gasteiger partial charge in [0.2, 0.25) is 0 Å². The van der Waals surface area contributed by atoms with Crippen molar-refractivity contribution in [1.82, 2.24) is 15.2 Å². The van der Waals surface area contributed by atoms with Crippen molar-refractivity contribution in [3.05, 3.63) is 48.3 Å². The molecule has 1 aliphatic rings. The summed E-state index contributed by atoms with van der Waals surface area (Å²) in [5.41, 5.74) is 1.25. The summed E-state index contributed by atoms with van der Waals surface area (Å²) in [5, 5.41) is 5.67. The van der Waals surface area contributed by atoms with E-state index in [-0.39, 0.29) is 11.9 Å². The number of nitrogens with zero attached hydrogens (tertiary/aromatic N) is 2. The quantitative estimate of drug-likeness (QED) is 0.440. The number of pyridine rings is 1. The predicted molar refractivity (Wildman–Crippen MR) is 133 cm³/mol. The fourth-order valence-electron chi connectivity index (χ4n) is 4.37. The number of unbranched alkanes of at least 4 members (excludes halogenated alkanes) is 4. The van der Waals surface area contributed by atoms with E-state index in [9.17, 15) is 9.59 Å². The maximum absolute atomic E-state index is 13.1. The summed E-state index contributed by atoms with van der Waals surface area (Å²) in [6, 6.07) is 8.76. The van der Waals surface area contributed by atoms with Gasteiger partial charge >= 0.3 is 6.03 Å². The number of likely N-dealkylation sites (tertiary alicyclic amines) is 1. The Morgan fingerprint density at radius 3 is 2.38 bits per heavy atom. The van der Waals surface area contributed by atoms with Crippen LogP contribution in [-0.4, -0.2) is 55.7 Å². The van der Waals surface area contributed by atoms with Crippen LogP contribution in [0.3, 0.4) is 0 Å². The molecule has 34 heavy (non-hydrogen) atoms. The van der Waals surface area contributed by atoms with Crippen molar-refractivity contribution in [2.24, 2.45) is 5.92 Å². The summed E-state index contributed by atoms with van der Waals surface area (Å²) >= 11 is 0. The lowest BCUT2D eigenvalue weighted by Gasteiger charge is -2.20. The predicted octanol–water partition coefficient (Wildman–Crippen LogP) is 4.72. The fourth-order valence-corrected chi connectivity index (χ4v) is 4.37. The van der Waals surface area contributed by atoms with Crippen LogP contribution in [0.25, 0.3) is 0 Å². The number of hydrogen-bond acceptors (Lipinski definition) is 5. The molecule has 0 saturated carbocycles. The molecule has 1 aromatic carbocycles. The molecule has 3 amide bonds. The molecule has 1 aliphatic heterocycles. The number of hydrogen-bond donors (Lipinski definition) is 2. The van der Waals surface area contributed by atoms with E-state index in [2.05, 4.69) is 15.6 Å². The van der Waals surface area contributed by atoms with Gasteiger partial charge in [0, 0.05) is 37.7 Å². The zero-order valence-electron chi connectivity index (χ0n) is 20.2. The van der Waals surface area contributed by atoms with E-state index in [1.807, 2.05) is 11.0 Å². The van der Waals surface area contributed by atoms with E-state index in [4.69, 9.17) is 9.47 Å². The molecule has 0 bridgehead atoms. The summed E-state index contributed by atoms with van der Waals surface area (Å²) in [4.78, 5) is 30.8. The van der Waals surface area contributed by atoms with Gasteiger partial charge < -0.3 is 25.0 Å². The summed E-state index contributed by atoms with van der Waals surface area (Å²) < 4.78 is 10.8. The highest BCUT2D eigenvalue weighted by atomic mass is 16.5. The summed E-state index contributed by atoms with van der Waals surface area (Å²) in [6.45, 7) is 2.23. The van der Waals surface area contributed by atoms with Crippen LogP contribution in [0.5, 0.6) is 11.5 Å². The van der Waals surface area contributed by atoms with Crippen LogP contribution < -0.4 is 20.1 Å². The summed E-state index contributed by atoms with van der Waals surface area (Å²) in [5.74, 6) is 1.63. The molecule has 8 heteroatoms. The van der Waals surface area contributed by atoms with Crippen molar-refractivity contribution < 1.29 is 19.1 Å². The van der Waals surface area contributed by atoms with Crippen molar-refractivity contribution in [2.75, 3.05) is 39.2 Å². The maximum atomic E-state index is 13.1. The van der Waals surface area contributed by atoms with E-state index in [1.165, 1.54) is 12.8 Å². The first-order chi connectivity index (χ1) is 16.6. The van der Waals surface area contributed by atoms with Crippen molar-refractivity contribution in [3.8, 4) is 11.5 Å². The molecule has 0 radical (unpaired) electrons. The Morgan fingerprint density at radius 2 is 1.68 bits per heavy atom. The molecule has 2 heterocycles. The number of benzene rings is 1. The molecular weight excluding hydrogens is 432 g/mol. The largest absolute Gasteiger partial charge is 0.496 e. The molecule has 2 N–H and O–H groups in total. The van der Waals surface area contributed by atoms with Crippen molar-refractivity contribution in [2.45, 2.75) is 44.9 Å². The highest BCUT2D eigenvalue weighted by Crippen LogP contribution is 2.32. The maximum Gasteiger partial charge on any atom is 0.319 e. The molecule has 1 unspecified atom stereocenters. The molecule has 1 fully saturated rings. The first-order valence-electron chi connectivity index (χ1n) is 12.1. The Labute approximate surface area is 202 Å². The van der Waals surface area contributed by atoms with Crippen molar-refractivity contribution in [1.29, 1.82) is 0 Å². The van der Waals surface area contributed by atoms with Crippen molar-refractivity contribution >= 4 is 17.6 Å². The second-order valence-corrected chi connectivity index (χ2v) is 8.62. The average molecular weight is 469 g/mol. The normalized spacial score (nSPS) is 15.1. The number of urea groups is 1. The van der Waals surface area contributed by atoms with Crippen molar-refractivity contribution in [3.63, 3.8) is 0 Å². The molecule has 1 saturated heterocycles. The van der Waals surface area contributed by atoms with Gasteiger partial charge in [0.15, 0.2) is 0 Å². The van der Waals surface area contributed by atoms with Gasteiger partial charge in [-0.15, -0.1) is 0 Å². The van der Waals surface area contributed by atoms with Gasteiger partial charge in [-0.2, -0.15) is 0 Å². The number of carbonyl (C=O) groups is 2. The molecule has 3 rings (SSSR count). The lowest BCUT2D eigenvalue weighted by molar-refractivity contribution is 0.0779. The van der Waals surface area contributed by atoms with Gasteiger partial charge in [-0.3, -0.25) is 9.78 Å². The molecule has 0 aliphatic carbocycles. The van der Waals surface area contributed by atoms with Gasteiger partial charge in [-0.05, 0) is 49.4 Å². The lowest BCUT2D eigenvalue weighted by atomic mass is 10.00. The Balaban J connectivity index is 1.27. The molecule has 8 nitrogen and oxygen atoms in total. The van der Waals surface area contributed by atoms with Crippen LogP contribution in [0.1, 0.15) is 55.3 Å². The Bertz CT molecular complexity index is 900. The van der Waals surface area contributed by atoms with Gasteiger partial charge in [-0.1, -0.05) is 31.7 Å². The zero-order valence-corrected chi connectivity index (χ0v) is 20.2. The van der Waals surface area contributed by atoms with Gasteiger partial charge in [-0.25, -0.2) is 4.79 Å². The second-order valence-electron chi connectivity index (χ2n) is 8.62. The molecule has 184 valence electrons. The lowest BCUT2D eigenvalue weighted by Crippen LogP contribution is -2.29. The van der Waals surface area contributed by atoms with Crippen LogP contribution in [0.4, 0.5) is 10.5 Å². The number of carbonyl (C=O) groups excluding carboxylic acids is 2. The molecule has 1 aromatic heterocycles. The van der Waals surface area contributed by atoms with Crippen LogP contribution in [0, 0.1) is 5.92 Å². The van der Waals surface area contributed by atoms with E-state index >= 15 is 0 Å². The standard InChI is InChI=1S/C26H36N4O4/c1-33-22-10-8-11-23(34-2)24(22)25(31)30-18-14-20(19-30)9-6-4-3-5-7-15-28-26(32)29-21-12-16-27-17-13-21/h8,10-13,16-17,20H,3-7,9,14-15,18-19H2,1-2H3,(H2,27,28,29,32). The van der Waals surface area contributed by atoms with E-state index in [0.717, 1.165) is 50.9 Å². The molecule has 1 atom stereocenters. The third kappa shape index (κ3) is 7.37. The van der Waals surface area contributed by atoms with Gasteiger partial charge in [0.25, 0.3) is 5.91 Å². The number of anilines is 1. The number of methoxy groups -OCH3 is 2. The second kappa shape index (κ2) is 13.4. The van der Waals surface area contributed by atoms with Crippen LogP contribution in [-0.2, 0) is 0 Å². The number of nitrogens with one attached hydrogen (secondary N) is 2. The first-order valence-corrected chi connectivity index (χ1v) is 12.1. The third-order valence-corrected chi connectivity index (χ3v) is 6.23. The fraction of sp³-hybridized carbons (Fsp3) is 0.500. The van der Waals surface area contributed by atoms with Gasteiger partial charge in [0.05, 0.1) is 14.2 Å². The smallest absolute Gasteiger partial charge is 0.319 e. The minimum atomic E-state index is -0.183. The summed E-state index contributed by atoms with van der Waals surface area (Å²) in [6.07, 6.45) is 11.0. The third-order valence-electron chi connectivity index (χ3n) is 6.23. The number of ether oxygens (including phenoxy) is 2. The van der Waals surface area contributed by atoms with E-state index in [0.29, 0.717) is 29.5 Å². The Kier molecular flexibility index (Phi) is 10.0. The number of amides is 3. The molecular formula is C26H36N4O4. The zero-order chi connectivity index (χ0) is 24.2. The Morgan fingerprint density at radius 1 is 1.00 bits per heavy atom. The number of rotatable bonds is 12. The van der Waals surface area contributed by atoms with Crippen LogP contribution in [0.2, 0.25) is 0 Å². The topological polar surface area (TPSA) is 92.8 Å².